The van der Waals surface area contributed by atoms with E-state index in [2.05, 4.69) is 15.3 Å². The van der Waals surface area contributed by atoms with Crippen LogP contribution in [-0.2, 0) is 13.0 Å². The van der Waals surface area contributed by atoms with E-state index in [4.69, 9.17) is 11.6 Å². The first kappa shape index (κ1) is 13.7. The Hall–Kier alpha value is -1.75. The number of anilines is 1. The SMILES string of the molecule is CCc1nc(Cl)cc(NCc2cc(F)ccc2F)n1. The van der Waals surface area contributed by atoms with Gasteiger partial charge in [0.15, 0.2) is 0 Å². The molecule has 0 aliphatic carbocycles. The van der Waals surface area contributed by atoms with Crippen LogP contribution < -0.4 is 5.32 Å². The molecule has 0 bridgehead atoms. The van der Waals surface area contributed by atoms with E-state index in [9.17, 15) is 8.78 Å². The summed E-state index contributed by atoms with van der Waals surface area (Å²) >= 11 is 5.84. The number of aromatic nitrogens is 2. The number of hydrogen-bond acceptors (Lipinski definition) is 3. The molecule has 1 aromatic carbocycles. The summed E-state index contributed by atoms with van der Waals surface area (Å²) in [6, 6.07) is 4.86. The van der Waals surface area contributed by atoms with Gasteiger partial charge in [0.05, 0.1) is 0 Å². The molecule has 1 aromatic heterocycles. The van der Waals surface area contributed by atoms with E-state index in [1.165, 1.54) is 6.07 Å². The van der Waals surface area contributed by atoms with Gasteiger partial charge >= 0.3 is 0 Å². The zero-order valence-electron chi connectivity index (χ0n) is 10.3. The van der Waals surface area contributed by atoms with E-state index < -0.39 is 11.6 Å². The molecule has 0 unspecified atom stereocenters. The summed E-state index contributed by atoms with van der Waals surface area (Å²) in [5.74, 6) is 0.133. The van der Waals surface area contributed by atoms with Crippen molar-refractivity contribution in [1.29, 1.82) is 0 Å². The van der Waals surface area contributed by atoms with Gasteiger partial charge in [-0.25, -0.2) is 18.7 Å². The molecule has 0 atom stereocenters. The molecule has 19 heavy (non-hydrogen) atoms. The molecule has 1 N–H and O–H groups in total. The van der Waals surface area contributed by atoms with Gasteiger partial charge in [0, 0.05) is 24.6 Å². The predicted octanol–water partition coefficient (Wildman–Crippen LogP) is 3.58. The van der Waals surface area contributed by atoms with Crippen molar-refractivity contribution in [2.24, 2.45) is 0 Å². The van der Waals surface area contributed by atoms with Crippen molar-refractivity contribution in [3.63, 3.8) is 0 Å². The van der Waals surface area contributed by atoms with Gasteiger partial charge in [-0.15, -0.1) is 0 Å². The highest BCUT2D eigenvalue weighted by atomic mass is 35.5. The second-order valence-corrected chi connectivity index (χ2v) is 4.32. The number of benzene rings is 1. The van der Waals surface area contributed by atoms with Crippen LogP contribution in [0.1, 0.15) is 18.3 Å². The quantitative estimate of drug-likeness (QED) is 0.872. The Bertz CT molecular complexity index is 590. The second kappa shape index (κ2) is 5.93. The maximum atomic E-state index is 13.4. The van der Waals surface area contributed by atoms with Crippen molar-refractivity contribution in [2.75, 3.05) is 5.32 Å². The van der Waals surface area contributed by atoms with Crippen LogP contribution in [0.25, 0.3) is 0 Å². The average molecular weight is 284 g/mol. The van der Waals surface area contributed by atoms with Crippen LogP contribution in [-0.4, -0.2) is 9.97 Å². The third-order valence-electron chi connectivity index (χ3n) is 2.53. The number of nitrogens with zero attached hydrogens (tertiary/aromatic N) is 2. The molecule has 2 aromatic rings. The standard InChI is InChI=1S/C13H12ClF2N3/c1-2-12-18-11(14)6-13(19-12)17-7-8-5-9(15)3-4-10(8)16/h3-6H,2,7H2,1H3,(H,17,18,19). The number of hydrogen-bond donors (Lipinski definition) is 1. The first-order chi connectivity index (χ1) is 9.08. The molecule has 0 spiro atoms. The summed E-state index contributed by atoms with van der Waals surface area (Å²) in [6.07, 6.45) is 0.642. The van der Waals surface area contributed by atoms with Crippen LogP contribution in [0.4, 0.5) is 14.6 Å². The van der Waals surface area contributed by atoms with Gasteiger partial charge in [-0.1, -0.05) is 18.5 Å². The van der Waals surface area contributed by atoms with Crippen LogP contribution in [0, 0.1) is 11.6 Å². The molecule has 6 heteroatoms. The first-order valence-corrected chi connectivity index (χ1v) is 6.17. The monoisotopic (exact) mass is 283 g/mol. The van der Waals surface area contributed by atoms with Crippen LogP contribution >= 0.6 is 11.6 Å². The van der Waals surface area contributed by atoms with E-state index in [1.807, 2.05) is 6.92 Å². The topological polar surface area (TPSA) is 37.8 Å². The van der Waals surface area contributed by atoms with Crippen molar-refractivity contribution in [3.05, 3.63) is 52.4 Å². The Balaban J connectivity index is 2.14. The minimum absolute atomic E-state index is 0.125. The Labute approximate surface area is 114 Å². The molecule has 0 aliphatic heterocycles. The molecule has 0 saturated heterocycles. The fourth-order valence-corrected chi connectivity index (χ4v) is 1.78. The van der Waals surface area contributed by atoms with Crippen molar-refractivity contribution in [1.82, 2.24) is 9.97 Å². The first-order valence-electron chi connectivity index (χ1n) is 5.79. The second-order valence-electron chi connectivity index (χ2n) is 3.93. The van der Waals surface area contributed by atoms with Gasteiger partial charge in [0.25, 0.3) is 0 Å². The molecule has 2 rings (SSSR count). The highest BCUT2D eigenvalue weighted by Crippen LogP contribution is 2.15. The lowest BCUT2D eigenvalue weighted by atomic mass is 10.2. The van der Waals surface area contributed by atoms with Crippen molar-refractivity contribution in [3.8, 4) is 0 Å². The van der Waals surface area contributed by atoms with Gasteiger partial charge in [-0.3, -0.25) is 0 Å². The zero-order chi connectivity index (χ0) is 13.8. The van der Waals surface area contributed by atoms with Gasteiger partial charge in [-0.05, 0) is 18.2 Å². The lowest BCUT2D eigenvalue weighted by Gasteiger charge is -2.08. The summed E-state index contributed by atoms with van der Waals surface area (Å²) < 4.78 is 26.4. The fourth-order valence-electron chi connectivity index (χ4n) is 1.58. The number of rotatable bonds is 4. The van der Waals surface area contributed by atoms with Crippen LogP contribution in [0.5, 0.6) is 0 Å². The number of halogens is 3. The largest absolute Gasteiger partial charge is 0.366 e. The van der Waals surface area contributed by atoms with Gasteiger partial charge in [-0.2, -0.15) is 0 Å². The van der Waals surface area contributed by atoms with E-state index in [-0.39, 0.29) is 12.1 Å². The molecule has 0 amide bonds. The summed E-state index contributed by atoms with van der Waals surface area (Å²) in [5, 5.41) is 3.22. The lowest BCUT2D eigenvalue weighted by Crippen LogP contribution is -2.06. The fraction of sp³-hybridized carbons (Fsp3) is 0.231. The van der Waals surface area contributed by atoms with Crippen LogP contribution in [0.15, 0.2) is 24.3 Å². The third-order valence-corrected chi connectivity index (χ3v) is 2.72. The smallest absolute Gasteiger partial charge is 0.134 e. The van der Waals surface area contributed by atoms with Crippen LogP contribution in [0.3, 0.4) is 0 Å². The Morgan fingerprint density at radius 1 is 1.21 bits per heavy atom. The molecule has 3 nitrogen and oxygen atoms in total. The molecule has 0 radical (unpaired) electrons. The van der Waals surface area contributed by atoms with E-state index in [0.29, 0.717) is 23.2 Å². The number of nitrogens with one attached hydrogen (secondary N) is 1. The highest BCUT2D eigenvalue weighted by Gasteiger charge is 2.06. The van der Waals surface area contributed by atoms with Gasteiger partial charge in [0.2, 0.25) is 0 Å². The summed E-state index contributed by atoms with van der Waals surface area (Å²) in [4.78, 5) is 8.22. The van der Waals surface area contributed by atoms with Crippen molar-refractivity contribution >= 4 is 17.4 Å². The molecular formula is C13H12ClF2N3. The van der Waals surface area contributed by atoms with Gasteiger partial charge < -0.3 is 5.32 Å². The Morgan fingerprint density at radius 3 is 2.74 bits per heavy atom. The summed E-state index contributed by atoms with van der Waals surface area (Å²) in [6.45, 7) is 2.03. The third kappa shape index (κ3) is 3.61. The Morgan fingerprint density at radius 2 is 2.00 bits per heavy atom. The predicted molar refractivity (Wildman–Crippen MR) is 70.1 cm³/mol. The molecular weight excluding hydrogens is 272 g/mol. The molecule has 1 heterocycles. The zero-order valence-corrected chi connectivity index (χ0v) is 11.0. The molecule has 0 saturated carbocycles. The maximum Gasteiger partial charge on any atom is 0.134 e. The minimum atomic E-state index is -0.479. The number of aryl methyl sites for hydroxylation is 1. The lowest BCUT2D eigenvalue weighted by molar-refractivity contribution is 0.587. The van der Waals surface area contributed by atoms with E-state index in [0.717, 1.165) is 18.2 Å². The normalized spacial score (nSPS) is 10.5. The van der Waals surface area contributed by atoms with Gasteiger partial charge in [0.1, 0.15) is 28.4 Å². The maximum absolute atomic E-state index is 13.4. The average Bonchev–Trinajstić information content (AvgIpc) is 2.39. The summed E-state index contributed by atoms with van der Waals surface area (Å²) in [7, 11) is 0. The van der Waals surface area contributed by atoms with Crippen molar-refractivity contribution in [2.45, 2.75) is 19.9 Å². The van der Waals surface area contributed by atoms with E-state index in [1.54, 1.807) is 0 Å². The Kier molecular flexibility index (Phi) is 4.27. The van der Waals surface area contributed by atoms with E-state index >= 15 is 0 Å². The molecule has 0 aliphatic rings. The molecule has 100 valence electrons. The van der Waals surface area contributed by atoms with Crippen molar-refractivity contribution < 1.29 is 8.78 Å². The summed E-state index contributed by atoms with van der Waals surface area (Å²) in [5.41, 5.74) is 0.229. The highest BCUT2D eigenvalue weighted by molar-refractivity contribution is 6.29. The molecule has 0 fully saturated rings. The minimum Gasteiger partial charge on any atom is -0.366 e. The van der Waals surface area contributed by atoms with Crippen LogP contribution in [0.2, 0.25) is 5.15 Å².